The third-order valence-corrected chi connectivity index (χ3v) is 3.33. The Kier molecular flexibility index (Phi) is 8.44. The Morgan fingerprint density at radius 1 is 1.21 bits per heavy atom. The zero-order valence-electron chi connectivity index (χ0n) is 12.7. The molecule has 1 N–H and O–H groups in total. The summed E-state index contributed by atoms with van der Waals surface area (Å²) < 4.78 is 5.40. The number of aliphatic carboxylic acids is 1. The van der Waals surface area contributed by atoms with Crippen LogP contribution in [0.25, 0.3) is 0 Å². The average molecular weight is 272 g/mol. The van der Waals surface area contributed by atoms with Crippen LogP contribution >= 0.6 is 0 Å². The number of hydrogen-bond acceptors (Lipinski definition) is 3. The zero-order chi connectivity index (χ0) is 14.9. The van der Waals surface area contributed by atoms with Crippen molar-refractivity contribution in [1.82, 2.24) is 0 Å². The van der Waals surface area contributed by atoms with Crippen molar-refractivity contribution in [1.29, 1.82) is 0 Å². The van der Waals surface area contributed by atoms with E-state index in [-0.39, 0.29) is 18.8 Å². The zero-order valence-corrected chi connectivity index (χ0v) is 12.7. The van der Waals surface area contributed by atoms with Crippen LogP contribution in [0.2, 0.25) is 0 Å². The van der Waals surface area contributed by atoms with E-state index >= 15 is 0 Å². The van der Waals surface area contributed by atoms with Gasteiger partial charge in [0.1, 0.15) is 5.60 Å². The molecule has 0 aliphatic carbocycles. The first-order valence-corrected chi connectivity index (χ1v) is 7.20. The van der Waals surface area contributed by atoms with E-state index in [9.17, 15) is 9.59 Å². The molecule has 0 fully saturated rings. The van der Waals surface area contributed by atoms with E-state index in [1.165, 1.54) is 6.42 Å². The van der Waals surface area contributed by atoms with Crippen molar-refractivity contribution in [3.05, 3.63) is 0 Å². The molecule has 0 rings (SSSR count). The van der Waals surface area contributed by atoms with Crippen LogP contribution in [0.4, 0.5) is 0 Å². The van der Waals surface area contributed by atoms with Gasteiger partial charge in [0.2, 0.25) is 0 Å². The number of carbonyl (C=O) groups excluding carboxylic acids is 1. The third-order valence-electron chi connectivity index (χ3n) is 3.33. The number of rotatable bonds is 10. The predicted molar refractivity (Wildman–Crippen MR) is 75.0 cm³/mol. The second-order valence-electron chi connectivity index (χ2n) is 5.89. The lowest BCUT2D eigenvalue weighted by molar-refractivity contribution is -0.157. The van der Waals surface area contributed by atoms with Crippen molar-refractivity contribution in [2.45, 2.75) is 78.2 Å². The SMILES string of the molecule is CCC(C)CCCC(C)(C)OC(=O)CCCC(=O)O. The first-order valence-electron chi connectivity index (χ1n) is 7.20. The topological polar surface area (TPSA) is 63.6 Å². The molecule has 0 saturated carbocycles. The van der Waals surface area contributed by atoms with Crippen molar-refractivity contribution in [2.24, 2.45) is 5.92 Å². The van der Waals surface area contributed by atoms with Crippen molar-refractivity contribution < 1.29 is 19.4 Å². The molecule has 1 unspecified atom stereocenters. The molecule has 4 heteroatoms. The number of esters is 1. The minimum Gasteiger partial charge on any atom is -0.481 e. The van der Waals surface area contributed by atoms with Crippen LogP contribution in [-0.2, 0) is 14.3 Å². The van der Waals surface area contributed by atoms with E-state index in [0.717, 1.165) is 19.3 Å². The van der Waals surface area contributed by atoms with Gasteiger partial charge >= 0.3 is 11.9 Å². The Balaban J connectivity index is 3.87. The van der Waals surface area contributed by atoms with Gasteiger partial charge in [0.15, 0.2) is 0 Å². The Hall–Kier alpha value is -1.06. The van der Waals surface area contributed by atoms with Crippen molar-refractivity contribution >= 4 is 11.9 Å². The van der Waals surface area contributed by atoms with E-state index in [1.54, 1.807) is 0 Å². The normalized spacial score (nSPS) is 13.1. The summed E-state index contributed by atoms with van der Waals surface area (Å²) in [5.74, 6) is -0.461. The van der Waals surface area contributed by atoms with Gasteiger partial charge < -0.3 is 9.84 Å². The fourth-order valence-corrected chi connectivity index (χ4v) is 1.87. The number of carbonyl (C=O) groups is 2. The smallest absolute Gasteiger partial charge is 0.306 e. The van der Waals surface area contributed by atoms with Crippen LogP contribution in [0.5, 0.6) is 0 Å². The number of hydrogen-bond donors (Lipinski definition) is 1. The maximum Gasteiger partial charge on any atom is 0.306 e. The largest absolute Gasteiger partial charge is 0.481 e. The molecule has 0 bridgehead atoms. The molecule has 0 radical (unpaired) electrons. The van der Waals surface area contributed by atoms with Crippen LogP contribution in [0.1, 0.15) is 72.6 Å². The Morgan fingerprint density at radius 3 is 2.37 bits per heavy atom. The maximum atomic E-state index is 11.6. The van der Waals surface area contributed by atoms with Crippen molar-refractivity contribution in [3.8, 4) is 0 Å². The van der Waals surface area contributed by atoms with Gasteiger partial charge in [-0.25, -0.2) is 0 Å². The van der Waals surface area contributed by atoms with E-state index < -0.39 is 11.6 Å². The standard InChI is InChI=1S/C15H28O4/c1-5-12(2)8-7-11-15(3,4)19-14(18)10-6-9-13(16)17/h12H,5-11H2,1-4H3,(H,16,17). The minimum absolute atomic E-state index is 0.0174. The van der Waals surface area contributed by atoms with Gasteiger partial charge in [-0.15, -0.1) is 0 Å². The maximum absolute atomic E-state index is 11.6. The molecule has 19 heavy (non-hydrogen) atoms. The second kappa shape index (κ2) is 8.94. The molecule has 0 aliphatic rings. The highest BCUT2D eigenvalue weighted by atomic mass is 16.6. The molecule has 0 aliphatic heterocycles. The van der Waals surface area contributed by atoms with Gasteiger partial charge in [0, 0.05) is 12.8 Å². The summed E-state index contributed by atoms with van der Waals surface area (Å²) in [4.78, 5) is 21.9. The van der Waals surface area contributed by atoms with Crippen LogP contribution < -0.4 is 0 Å². The van der Waals surface area contributed by atoms with Crippen LogP contribution in [-0.4, -0.2) is 22.6 Å². The van der Waals surface area contributed by atoms with E-state index in [1.807, 2.05) is 13.8 Å². The number of carboxylic acid groups (broad SMARTS) is 1. The predicted octanol–water partition coefficient (Wildman–Crippen LogP) is 3.78. The fourth-order valence-electron chi connectivity index (χ4n) is 1.87. The van der Waals surface area contributed by atoms with Gasteiger partial charge in [-0.1, -0.05) is 26.7 Å². The number of ether oxygens (including phenoxy) is 1. The van der Waals surface area contributed by atoms with E-state index in [4.69, 9.17) is 9.84 Å². The quantitative estimate of drug-likeness (QED) is 0.615. The van der Waals surface area contributed by atoms with Crippen molar-refractivity contribution in [2.75, 3.05) is 0 Å². The summed E-state index contributed by atoms with van der Waals surface area (Å²) >= 11 is 0. The lowest BCUT2D eigenvalue weighted by Crippen LogP contribution is -2.28. The Bertz CT molecular complexity index is 284. The molecule has 0 aromatic heterocycles. The molecular formula is C15H28O4. The molecule has 0 heterocycles. The monoisotopic (exact) mass is 272 g/mol. The summed E-state index contributed by atoms with van der Waals surface area (Å²) in [6, 6.07) is 0. The van der Waals surface area contributed by atoms with Crippen molar-refractivity contribution in [3.63, 3.8) is 0 Å². The third kappa shape index (κ3) is 10.5. The molecule has 0 amide bonds. The van der Waals surface area contributed by atoms with Gasteiger partial charge in [0.25, 0.3) is 0 Å². The summed E-state index contributed by atoms with van der Waals surface area (Å²) in [5, 5.41) is 8.50. The fraction of sp³-hybridized carbons (Fsp3) is 0.867. The van der Waals surface area contributed by atoms with Crippen LogP contribution in [0, 0.1) is 5.92 Å². The lowest BCUT2D eigenvalue weighted by Gasteiger charge is -2.25. The minimum atomic E-state index is -0.874. The summed E-state index contributed by atoms with van der Waals surface area (Å²) in [7, 11) is 0. The molecule has 0 saturated heterocycles. The molecule has 0 aromatic carbocycles. The van der Waals surface area contributed by atoms with Gasteiger partial charge in [-0.2, -0.15) is 0 Å². The average Bonchev–Trinajstić information content (AvgIpc) is 2.27. The molecule has 0 spiro atoms. The molecule has 112 valence electrons. The van der Waals surface area contributed by atoms with Crippen LogP contribution in [0.3, 0.4) is 0 Å². The highest BCUT2D eigenvalue weighted by Crippen LogP contribution is 2.21. The first kappa shape index (κ1) is 17.9. The first-order chi connectivity index (χ1) is 8.76. The summed E-state index contributed by atoms with van der Waals surface area (Å²) in [5.41, 5.74) is -0.451. The van der Waals surface area contributed by atoms with Gasteiger partial charge in [0.05, 0.1) is 0 Å². The van der Waals surface area contributed by atoms with Gasteiger partial charge in [-0.3, -0.25) is 9.59 Å². The molecule has 0 aromatic rings. The van der Waals surface area contributed by atoms with E-state index in [0.29, 0.717) is 12.3 Å². The molecular weight excluding hydrogens is 244 g/mol. The molecule has 4 nitrogen and oxygen atoms in total. The summed E-state index contributed by atoms with van der Waals surface area (Å²) in [6.07, 6.45) is 4.76. The number of carboxylic acids is 1. The highest BCUT2D eigenvalue weighted by molar-refractivity contribution is 5.71. The lowest BCUT2D eigenvalue weighted by atomic mass is 9.95. The van der Waals surface area contributed by atoms with E-state index in [2.05, 4.69) is 13.8 Å². The Morgan fingerprint density at radius 2 is 1.84 bits per heavy atom. The highest BCUT2D eigenvalue weighted by Gasteiger charge is 2.22. The molecule has 1 atom stereocenters. The van der Waals surface area contributed by atoms with Crippen LogP contribution in [0.15, 0.2) is 0 Å². The Labute approximate surface area is 116 Å². The van der Waals surface area contributed by atoms with Gasteiger partial charge in [-0.05, 0) is 39.0 Å². The summed E-state index contributed by atoms with van der Waals surface area (Å²) in [6.45, 7) is 8.24. The second-order valence-corrected chi connectivity index (χ2v) is 5.89.